The highest BCUT2D eigenvalue weighted by molar-refractivity contribution is 5.93. The van der Waals surface area contributed by atoms with Crippen molar-refractivity contribution in [3.63, 3.8) is 0 Å². The van der Waals surface area contributed by atoms with Gasteiger partial charge >= 0.3 is 6.09 Å². The van der Waals surface area contributed by atoms with Crippen molar-refractivity contribution in [3.05, 3.63) is 29.3 Å². The quantitative estimate of drug-likeness (QED) is 0.394. The van der Waals surface area contributed by atoms with E-state index in [0.29, 0.717) is 18.4 Å². The van der Waals surface area contributed by atoms with Gasteiger partial charge in [0.25, 0.3) is 0 Å². The van der Waals surface area contributed by atoms with Crippen LogP contribution < -0.4 is 16.4 Å². The summed E-state index contributed by atoms with van der Waals surface area (Å²) >= 11 is 0. The number of carbonyl (C=O) groups is 4. The number of para-hydroxylation sites is 1. The molecule has 2 unspecified atom stereocenters. The Morgan fingerprint density at radius 3 is 2.24 bits per heavy atom. The fourth-order valence-corrected chi connectivity index (χ4v) is 4.11. The molecule has 1 aromatic rings. The smallest absolute Gasteiger partial charge is 0.408 e. The van der Waals surface area contributed by atoms with Gasteiger partial charge < -0.3 is 31.1 Å². The van der Waals surface area contributed by atoms with E-state index in [1.165, 1.54) is 4.90 Å². The van der Waals surface area contributed by atoms with Crippen LogP contribution >= 0.6 is 0 Å². The van der Waals surface area contributed by atoms with Crippen LogP contribution in [-0.2, 0) is 19.1 Å². The van der Waals surface area contributed by atoms with Gasteiger partial charge in [0.15, 0.2) is 0 Å². The highest BCUT2D eigenvalue weighted by atomic mass is 16.6. The van der Waals surface area contributed by atoms with Crippen LogP contribution in [0.4, 0.5) is 4.79 Å². The van der Waals surface area contributed by atoms with Crippen molar-refractivity contribution in [2.45, 2.75) is 110 Å². The van der Waals surface area contributed by atoms with Crippen LogP contribution in [0.3, 0.4) is 0 Å². The van der Waals surface area contributed by atoms with Gasteiger partial charge in [0.2, 0.25) is 17.7 Å². The number of hydrogen-bond donors (Lipinski definition) is 4. The number of carbonyl (C=O) groups excluding carboxylic acids is 4. The third-order valence-electron chi connectivity index (χ3n) is 5.98. The minimum absolute atomic E-state index is 0.0654. The van der Waals surface area contributed by atoms with E-state index in [2.05, 4.69) is 10.6 Å². The zero-order valence-electron chi connectivity index (χ0n) is 23.0. The Morgan fingerprint density at radius 2 is 1.76 bits per heavy atom. The van der Waals surface area contributed by atoms with E-state index in [4.69, 9.17) is 10.5 Å². The van der Waals surface area contributed by atoms with Crippen LogP contribution in [0.25, 0.3) is 0 Å². The molecule has 0 aromatic heterocycles. The number of alkyl carbamates (subject to hydrolysis) is 1. The zero-order valence-corrected chi connectivity index (χ0v) is 23.0. The van der Waals surface area contributed by atoms with Gasteiger partial charge in [-0.15, -0.1) is 0 Å². The molecule has 37 heavy (non-hydrogen) atoms. The fraction of sp³-hybridized carbons (Fsp3) is 0.630. The second kappa shape index (κ2) is 11.8. The van der Waals surface area contributed by atoms with Crippen LogP contribution in [0.5, 0.6) is 5.75 Å². The van der Waals surface area contributed by atoms with Crippen molar-refractivity contribution in [1.29, 1.82) is 0 Å². The number of nitrogens with two attached hydrogens (primary N) is 1. The predicted octanol–water partition coefficient (Wildman–Crippen LogP) is 3.20. The Hall–Kier alpha value is -3.30. The normalized spacial score (nSPS) is 15.6. The Morgan fingerprint density at radius 1 is 1.14 bits per heavy atom. The summed E-state index contributed by atoms with van der Waals surface area (Å²) in [6.45, 7) is 12.3. The van der Waals surface area contributed by atoms with Gasteiger partial charge in [-0.25, -0.2) is 4.79 Å². The van der Waals surface area contributed by atoms with Crippen molar-refractivity contribution in [3.8, 4) is 5.75 Å². The number of primary amides is 1. The second-order valence-corrected chi connectivity index (χ2v) is 11.7. The molecule has 5 N–H and O–H groups in total. The minimum Gasteiger partial charge on any atom is -0.507 e. The number of ether oxygens (including phenoxy) is 1. The molecule has 10 nitrogen and oxygen atoms in total. The molecule has 206 valence electrons. The van der Waals surface area contributed by atoms with Crippen molar-refractivity contribution in [2.75, 3.05) is 0 Å². The third kappa shape index (κ3) is 8.65. The summed E-state index contributed by atoms with van der Waals surface area (Å²) in [4.78, 5) is 53.5. The van der Waals surface area contributed by atoms with Crippen LogP contribution in [0.1, 0.15) is 90.8 Å². The molecular weight excluding hydrogens is 476 g/mol. The third-order valence-corrected chi connectivity index (χ3v) is 5.98. The summed E-state index contributed by atoms with van der Waals surface area (Å²) in [6.07, 6.45) is 1.15. The summed E-state index contributed by atoms with van der Waals surface area (Å²) < 4.78 is 5.34. The number of nitrogens with one attached hydrogen (secondary N) is 2. The number of benzene rings is 1. The molecule has 0 aliphatic heterocycles. The Bertz CT molecular complexity index is 1010. The Kier molecular flexibility index (Phi) is 9.57. The molecule has 0 saturated heterocycles. The number of aromatic hydroxyl groups is 1. The molecule has 1 aromatic carbocycles. The molecule has 1 aliphatic rings. The Labute approximate surface area is 219 Å². The zero-order chi connectivity index (χ0) is 28.1. The highest BCUT2D eigenvalue weighted by Crippen LogP contribution is 2.38. The fourth-order valence-electron chi connectivity index (χ4n) is 4.11. The van der Waals surface area contributed by atoms with E-state index in [9.17, 15) is 24.3 Å². The number of nitrogens with zero attached hydrogens (tertiary/aromatic N) is 1. The lowest BCUT2D eigenvalue weighted by molar-refractivity contribution is -0.148. The van der Waals surface area contributed by atoms with Crippen LogP contribution in [0.15, 0.2) is 18.2 Å². The first-order valence-corrected chi connectivity index (χ1v) is 12.7. The summed E-state index contributed by atoms with van der Waals surface area (Å²) in [6, 6.07) is 2.43. The second-order valence-electron chi connectivity index (χ2n) is 11.7. The number of phenols is 1. The first-order chi connectivity index (χ1) is 17.0. The first-order valence-electron chi connectivity index (χ1n) is 12.7. The number of phenolic OH excluding ortho intramolecular Hbond substituents is 1. The summed E-state index contributed by atoms with van der Waals surface area (Å²) in [5.41, 5.74) is 4.78. The van der Waals surface area contributed by atoms with Gasteiger partial charge in [0.05, 0.1) is 0 Å². The summed E-state index contributed by atoms with van der Waals surface area (Å²) in [7, 11) is 0. The SMILES string of the molecule is Cc1cccc(C(C(=O)NC(C)(C)C)N(C(=O)C(CCC(N)=O)NC(=O)OC(C)(C)C)C2CCC2)c1O. The number of aryl methyl sites for hydroxylation is 1. The lowest BCUT2D eigenvalue weighted by Gasteiger charge is -2.44. The lowest BCUT2D eigenvalue weighted by Crippen LogP contribution is -2.58. The number of hydrogen-bond acceptors (Lipinski definition) is 6. The standard InChI is InChI=1S/C27H42N4O6/c1-16-10-8-13-18(22(16)33)21(23(34)30-26(2,3)4)31(17-11-9-12-17)24(35)19(14-15-20(28)32)29-25(36)37-27(5,6)7/h8,10,13,17,19,21,33H,9,11-12,14-15H2,1-7H3,(H2,28,32)(H,29,36)(H,30,34). The van der Waals surface area contributed by atoms with Crippen molar-refractivity contribution >= 4 is 23.8 Å². The largest absolute Gasteiger partial charge is 0.507 e. The van der Waals surface area contributed by atoms with Crippen molar-refractivity contribution in [1.82, 2.24) is 15.5 Å². The predicted molar refractivity (Wildman–Crippen MR) is 140 cm³/mol. The molecule has 0 bridgehead atoms. The van der Waals surface area contributed by atoms with Gasteiger partial charge in [-0.1, -0.05) is 18.2 Å². The van der Waals surface area contributed by atoms with E-state index in [0.717, 1.165) is 6.42 Å². The maximum atomic E-state index is 14.1. The summed E-state index contributed by atoms with van der Waals surface area (Å²) in [5.74, 6) is -1.72. The maximum Gasteiger partial charge on any atom is 0.408 e. The number of amides is 4. The first kappa shape index (κ1) is 29.9. The molecule has 1 fully saturated rings. The summed E-state index contributed by atoms with van der Waals surface area (Å²) in [5, 5.41) is 16.4. The molecule has 0 spiro atoms. The average molecular weight is 519 g/mol. The maximum absolute atomic E-state index is 14.1. The molecule has 2 atom stereocenters. The molecule has 1 saturated carbocycles. The van der Waals surface area contributed by atoms with Gasteiger partial charge in [-0.2, -0.15) is 0 Å². The highest BCUT2D eigenvalue weighted by Gasteiger charge is 2.43. The van der Waals surface area contributed by atoms with E-state index >= 15 is 0 Å². The van der Waals surface area contributed by atoms with Crippen LogP contribution in [-0.4, -0.2) is 57.0 Å². The van der Waals surface area contributed by atoms with Gasteiger partial charge in [-0.3, -0.25) is 14.4 Å². The topological polar surface area (TPSA) is 151 Å². The Balaban J connectivity index is 2.57. The van der Waals surface area contributed by atoms with E-state index in [-0.39, 0.29) is 30.2 Å². The monoisotopic (exact) mass is 518 g/mol. The van der Waals surface area contributed by atoms with Crippen LogP contribution in [0, 0.1) is 6.92 Å². The van der Waals surface area contributed by atoms with E-state index in [1.807, 2.05) is 20.8 Å². The van der Waals surface area contributed by atoms with E-state index < -0.39 is 47.0 Å². The van der Waals surface area contributed by atoms with Crippen molar-refractivity contribution in [2.24, 2.45) is 5.73 Å². The van der Waals surface area contributed by atoms with Gasteiger partial charge in [0.1, 0.15) is 23.4 Å². The van der Waals surface area contributed by atoms with E-state index in [1.54, 1.807) is 45.9 Å². The number of rotatable bonds is 9. The molecule has 1 aliphatic carbocycles. The molecule has 0 radical (unpaired) electrons. The minimum atomic E-state index is -1.17. The lowest BCUT2D eigenvalue weighted by atomic mass is 9.87. The van der Waals surface area contributed by atoms with Crippen molar-refractivity contribution < 1.29 is 29.0 Å². The van der Waals surface area contributed by atoms with Crippen LogP contribution in [0.2, 0.25) is 0 Å². The molecular formula is C27H42N4O6. The molecule has 2 rings (SSSR count). The molecule has 4 amide bonds. The van der Waals surface area contributed by atoms with Gasteiger partial charge in [0, 0.05) is 23.6 Å². The molecule has 10 heteroatoms. The molecule has 0 heterocycles. The average Bonchev–Trinajstić information content (AvgIpc) is 2.69. The van der Waals surface area contributed by atoms with Gasteiger partial charge in [-0.05, 0) is 79.7 Å².